The SMILES string of the molecule is C=C1/C(=C\C=C2/CCCC3(C)C2CCC3C(C)CCS(=O)(=O)c2ccc(Cl)cc2)CC(O)CC1O. The second kappa shape index (κ2) is 10.5. The van der Waals surface area contributed by atoms with Crippen LogP contribution in [-0.2, 0) is 9.84 Å². The number of sulfone groups is 1. The fraction of sp³-hybridized carbons (Fsp3) is 0.586. The van der Waals surface area contributed by atoms with E-state index in [1.54, 1.807) is 24.3 Å². The number of benzene rings is 1. The Kier molecular flexibility index (Phi) is 8.02. The van der Waals surface area contributed by atoms with Gasteiger partial charge in [0.25, 0.3) is 0 Å². The molecule has 1 aromatic carbocycles. The number of halogens is 1. The van der Waals surface area contributed by atoms with Crippen LogP contribution in [0.3, 0.4) is 0 Å². The summed E-state index contributed by atoms with van der Waals surface area (Å²) in [5, 5.41) is 20.8. The first kappa shape index (κ1) is 26.7. The van der Waals surface area contributed by atoms with Crippen molar-refractivity contribution >= 4 is 21.4 Å². The summed E-state index contributed by atoms with van der Waals surface area (Å²) in [5.41, 5.74) is 3.31. The summed E-state index contributed by atoms with van der Waals surface area (Å²) in [7, 11) is -3.32. The van der Waals surface area contributed by atoms with E-state index >= 15 is 0 Å². The van der Waals surface area contributed by atoms with Crippen LogP contribution < -0.4 is 0 Å². The molecule has 0 heterocycles. The average molecular weight is 519 g/mol. The zero-order valence-corrected chi connectivity index (χ0v) is 22.5. The standard InChI is InChI=1S/C29H39ClO4S/c1-19(14-16-35(33,34)25-10-8-23(30)9-11-25)26-12-13-27-21(5-4-15-29(26,27)3)6-7-22-17-24(31)18-28(32)20(22)2/h6-11,19,24,26-28,31-32H,2,4-5,12-18H2,1,3H3/b21-6+,22-7-. The number of aliphatic hydroxyl groups is 2. The molecule has 3 saturated carbocycles. The molecule has 4 rings (SSSR count). The third-order valence-electron chi connectivity index (χ3n) is 9.00. The molecule has 0 aliphatic heterocycles. The molecule has 3 aliphatic rings. The van der Waals surface area contributed by atoms with Gasteiger partial charge in [-0.25, -0.2) is 8.42 Å². The maximum atomic E-state index is 12.9. The molecule has 0 bridgehead atoms. The van der Waals surface area contributed by atoms with Gasteiger partial charge in [-0.05, 0) is 104 Å². The van der Waals surface area contributed by atoms with Crippen molar-refractivity contribution in [2.24, 2.45) is 23.2 Å². The molecule has 3 aliphatic carbocycles. The fourth-order valence-corrected chi connectivity index (χ4v) is 8.58. The van der Waals surface area contributed by atoms with Gasteiger partial charge in [-0.2, -0.15) is 0 Å². The third kappa shape index (κ3) is 5.64. The molecule has 0 saturated heterocycles. The van der Waals surface area contributed by atoms with Crippen LogP contribution in [0.2, 0.25) is 5.02 Å². The van der Waals surface area contributed by atoms with E-state index < -0.39 is 22.0 Å². The Bertz CT molecular complexity index is 1100. The number of hydrogen-bond donors (Lipinski definition) is 2. The lowest BCUT2D eigenvalue weighted by atomic mass is 9.61. The van der Waals surface area contributed by atoms with Gasteiger partial charge in [0.2, 0.25) is 0 Å². The molecule has 2 N–H and O–H groups in total. The minimum atomic E-state index is -3.32. The van der Waals surface area contributed by atoms with Gasteiger partial charge in [0, 0.05) is 11.4 Å². The summed E-state index contributed by atoms with van der Waals surface area (Å²) in [6.45, 7) is 8.68. The number of allylic oxidation sites excluding steroid dienone is 3. The quantitative estimate of drug-likeness (QED) is 0.464. The maximum absolute atomic E-state index is 12.9. The van der Waals surface area contributed by atoms with E-state index in [1.165, 1.54) is 12.0 Å². The Morgan fingerprint density at radius 3 is 2.63 bits per heavy atom. The highest BCUT2D eigenvalue weighted by Gasteiger charge is 2.50. The first-order valence-electron chi connectivity index (χ1n) is 12.9. The largest absolute Gasteiger partial charge is 0.393 e. The molecule has 6 atom stereocenters. The van der Waals surface area contributed by atoms with E-state index in [9.17, 15) is 18.6 Å². The van der Waals surface area contributed by atoms with Crippen molar-refractivity contribution in [2.75, 3.05) is 5.75 Å². The van der Waals surface area contributed by atoms with Gasteiger partial charge in [0.15, 0.2) is 9.84 Å². The van der Waals surface area contributed by atoms with Crippen molar-refractivity contribution in [3.63, 3.8) is 0 Å². The zero-order valence-electron chi connectivity index (χ0n) is 20.9. The first-order chi connectivity index (χ1) is 16.5. The van der Waals surface area contributed by atoms with Crippen LogP contribution in [0, 0.1) is 23.2 Å². The lowest BCUT2D eigenvalue weighted by molar-refractivity contribution is 0.0861. The molecule has 0 aromatic heterocycles. The van der Waals surface area contributed by atoms with Gasteiger partial charge in [-0.3, -0.25) is 0 Å². The lowest BCUT2D eigenvalue weighted by Gasteiger charge is -2.44. The smallest absolute Gasteiger partial charge is 0.178 e. The molecule has 6 heteroatoms. The van der Waals surface area contributed by atoms with Crippen LogP contribution in [0.4, 0.5) is 0 Å². The molecule has 0 spiro atoms. The Balaban J connectivity index is 1.45. The van der Waals surface area contributed by atoms with E-state index in [-0.39, 0.29) is 11.2 Å². The molecule has 1 aromatic rings. The van der Waals surface area contributed by atoms with Crippen molar-refractivity contribution in [1.82, 2.24) is 0 Å². The van der Waals surface area contributed by atoms with Crippen LogP contribution in [0.15, 0.2) is 64.6 Å². The molecule has 6 unspecified atom stereocenters. The van der Waals surface area contributed by atoms with Crippen LogP contribution >= 0.6 is 11.6 Å². The predicted octanol–water partition coefficient (Wildman–Crippen LogP) is 6.28. The second-order valence-corrected chi connectivity index (χ2v) is 13.7. The monoisotopic (exact) mass is 518 g/mol. The summed E-state index contributed by atoms with van der Waals surface area (Å²) in [5.74, 6) is 1.49. The minimum absolute atomic E-state index is 0.161. The van der Waals surface area contributed by atoms with Gasteiger partial charge in [-0.1, -0.05) is 49.8 Å². The van der Waals surface area contributed by atoms with Crippen molar-refractivity contribution < 1.29 is 18.6 Å². The molecule has 35 heavy (non-hydrogen) atoms. The second-order valence-electron chi connectivity index (χ2n) is 11.2. The van der Waals surface area contributed by atoms with Crippen LogP contribution in [0.25, 0.3) is 0 Å². The summed E-state index contributed by atoms with van der Waals surface area (Å²) >= 11 is 5.92. The minimum Gasteiger partial charge on any atom is -0.393 e. The van der Waals surface area contributed by atoms with Crippen molar-refractivity contribution in [2.45, 2.75) is 82.3 Å². The topological polar surface area (TPSA) is 74.6 Å². The maximum Gasteiger partial charge on any atom is 0.178 e. The summed E-state index contributed by atoms with van der Waals surface area (Å²) < 4.78 is 25.8. The van der Waals surface area contributed by atoms with Crippen molar-refractivity contribution in [3.05, 3.63) is 64.7 Å². The van der Waals surface area contributed by atoms with Crippen LogP contribution in [0.1, 0.15) is 65.2 Å². The third-order valence-corrected chi connectivity index (χ3v) is 11.0. The molecule has 3 fully saturated rings. The Morgan fingerprint density at radius 1 is 1.20 bits per heavy atom. The van der Waals surface area contributed by atoms with Gasteiger partial charge in [0.05, 0.1) is 22.9 Å². The Morgan fingerprint density at radius 2 is 1.91 bits per heavy atom. The first-order valence-corrected chi connectivity index (χ1v) is 15.0. The molecular formula is C29H39ClO4S. The lowest BCUT2D eigenvalue weighted by Crippen LogP contribution is -2.36. The molecule has 0 amide bonds. The highest BCUT2D eigenvalue weighted by molar-refractivity contribution is 7.91. The van der Waals surface area contributed by atoms with E-state index in [0.717, 1.165) is 36.8 Å². The molecule has 0 radical (unpaired) electrons. The summed E-state index contributed by atoms with van der Waals surface area (Å²) in [6, 6.07) is 6.47. The number of rotatable bonds is 6. The van der Waals surface area contributed by atoms with Gasteiger partial charge >= 0.3 is 0 Å². The number of fused-ring (bicyclic) bond motifs is 1. The van der Waals surface area contributed by atoms with E-state index in [0.29, 0.717) is 46.9 Å². The van der Waals surface area contributed by atoms with Gasteiger partial charge in [-0.15, -0.1) is 0 Å². The predicted molar refractivity (Wildman–Crippen MR) is 142 cm³/mol. The number of aliphatic hydroxyl groups excluding tert-OH is 2. The Hall–Kier alpha value is -1.40. The molecule has 192 valence electrons. The molecular weight excluding hydrogens is 480 g/mol. The van der Waals surface area contributed by atoms with Crippen LogP contribution in [-0.4, -0.2) is 36.6 Å². The average Bonchev–Trinajstić information content (AvgIpc) is 3.17. The van der Waals surface area contributed by atoms with Crippen molar-refractivity contribution in [1.29, 1.82) is 0 Å². The normalized spacial score (nSPS) is 34.8. The van der Waals surface area contributed by atoms with Crippen molar-refractivity contribution in [3.8, 4) is 0 Å². The highest BCUT2D eigenvalue weighted by Crippen LogP contribution is 2.59. The summed E-state index contributed by atoms with van der Waals surface area (Å²) in [4.78, 5) is 0.347. The Labute approximate surface area is 215 Å². The van der Waals surface area contributed by atoms with E-state index in [4.69, 9.17) is 11.6 Å². The van der Waals surface area contributed by atoms with Gasteiger partial charge < -0.3 is 10.2 Å². The summed E-state index contributed by atoms with van der Waals surface area (Å²) in [6.07, 6.45) is 10.3. The highest BCUT2D eigenvalue weighted by atomic mass is 35.5. The zero-order chi connectivity index (χ0) is 25.4. The van der Waals surface area contributed by atoms with E-state index in [2.05, 4.69) is 32.6 Å². The fourth-order valence-electron chi connectivity index (χ4n) is 6.98. The van der Waals surface area contributed by atoms with Gasteiger partial charge in [0.1, 0.15) is 0 Å². The molecule has 4 nitrogen and oxygen atoms in total. The van der Waals surface area contributed by atoms with Crippen LogP contribution in [0.5, 0.6) is 0 Å². The van der Waals surface area contributed by atoms with E-state index in [1.807, 2.05) is 0 Å². The number of hydrogen-bond acceptors (Lipinski definition) is 4.